The number of hydrogen-bond donors (Lipinski definition) is 2. The second kappa shape index (κ2) is 4.79. The van der Waals surface area contributed by atoms with Crippen molar-refractivity contribution < 1.29 is 9.53 Å². The number of nitrogens with one attached hydrogen (secondary N) is 2. The molecular weight excluding hydrogens is 216 g/mol. The molecule has 0 aliphatic carbocycles. The Morgan fingerprint density at radius 3 is 3.12 bits per heavy atom. The summed E-state index contributed by atoms with van der Waals surface area (Å²) in [6.07, 6.45) is 6.04. The van der Waals surface area contributed by atoms with Gasteiger partial charge in [0.25, 0.3) is 5.91 Å². The molecule has 0 saturated carbocycles. The van der Waals surface area contributed by atoms with Crippen molar-refractivity contribution in [2.24, 2.45) is 0 Å². The van der Waals surface area contributed by atoms with E-state index in [4.69, 9.17) is 11.2 Å². The number of rotatable bonds is 3. The molecule has 2 N–H and O–H groups in total. The van der Waals surface area contributed by atoms with E-state index in [2.05, 4.69) is 16.6 Å². The molecule has 0 unspecified atom stereocenters. The Morgan fingerprint density at radius 1 is 1.59 bits per heavy atom. The van der Waals surface area contributed by atoms with E-state index in [-0.39, 0.29) is 5.91 Å². The van der Waals surface area contributed by atoms with Crippen LogP contribution in [0.1, 0.15) is 15.9 Å². The first kappa shape index (κ1) is 11.3. The van der Waals surface area contributed by atoms with E-state index >= 15 is 0 Å². The number of terminal acetylenes is 1. The van der Waals surface area contributed by atoms with Crippen molar-refractivity contribution in [3.63, 3.8) is 0 Å². The second-order valence-electron chi connectivity index (χ2n) is 3.77. The van der Waals surface area contributed by atoms with Crippen LogP contribution in [0, 0.1) is 12.3 Å². The zero-order valence-corrected chi connectivity index (χ0v) is 9.67. The number of hydrogen-bond acceptors (Lipinski definition) is 3. The number of fused-ring (bicyclic) bond motifs is 1. The maximum atomic E-state index is 11.7. The van der Waals surface area contributed by atoms with Crippen molar-refractivity contribution in [3.05, 3.63) is 23.3 Å². The minimum absolute atomic E-state index is 0.0481. The Bertz CT molecular complexity index is 489. The Hall–Kier alpha value is -2.15. The lowest BCUT2D eigenvalue weighted by Gasteiger charge is -2.19. The minimum atomic E-state index is -0.0481. The van der Waals surface area contributed by atoms with Gasteiger partial charge in [0.05, 0.1) is 19.3 Å². The molecule has 4 heteroatoms. The van der Waals surface area contributed by atoms with Crippen LogP contribution in [-0.4, -0.2) is 26.1 Å². The first-order valence-corrected chi connectivity index (χ1v) is 5.42. The molecule has 1 aliphatic heterocycles. The standard InChI is InChI=1S/C13H14N2O2/c1-3-5-14-11-7-9-4-6-15-13(16)10(9)8-12(11)17-2/h1,7-8,14H,4-6H2,2H3,(H,15,16). The summed E-state index contributed by atoms with van der Waals surface area (Å²) in [6.45, 7) is 1.11. The van der Waals surface area contributed by atoms with Crippen molar-refractivity contribution in [2.45, 2.75) is 6.42 Å². The third-order valence-electron chi connectivity index (χ3n) is 2.73. The summed E-state index contributed by atoms with van der Waals surface area (Å²) in [5.41, 5.74) is 2.53. The van der Waals surface area contributed by atoms with Gasteiger partial charge in [-0.1, -0.05) is 5.92 Å². The minimum Gasteiger partial charge on any atom is -0.495 e. The van der Waals surface area contributed by atoms with E-state index in [1.54, 1.807) is 13.2 Å². The fraction of sp³-hybridized carbons (Fsp3) is 0.308. The molecule has 0 fully saturated rings. The van der Waals surface area contributed by atoms with Crippen LogP contribution in [0.4, 0.5) is 5.69 Å². The van der Waals surface area contributed by atoms with E-state index in [9.17, 15) is 4.79 Å². The molecule has 2 rings (SSSR count). The number of benzene rings is 1. The summed E-state index contributed by atoms with van der Waals surface area (Å²) in [6, 6.07) is 3.69. The van der Waals surface area contributed by atoms with E-state index in [1.807, 2.05) is 6.07 Å². The quantitative estimate of drug-likeness (QED) is 0.762. The third kappa shape index (κ3) is 2.18. The van der Waals surface area contributed by atoms with E-state index < -0.39 is 0 Å². The molecule has 0 atom stereocenters. The molecule has 1 aromatic carbocycles. The molecule has 1 aromatic rings. The molecule has 0 saturated heterocycles. The summed E-state index contributed by atoms with van der Waals surface area (Å²) in [4.78, 5) is 11.7. The number of anilines is 1. The van der Waals surface area contributed by atoms with Crippen LogP contribution in [0.2, 0.25) is 0 Å². The molecular formula is C13H14N2O2. The van der Waals surface area contributed by atoms with Crippen molar-refractivity contribution in [1.29, 1.82) is 0 Å². The molecule has 1 aliphatic rings. The lowest BCUT2D eigenvalue weighted by molar-refractivity contribution is 0.0945. The topological polar surface area (TPSA) is 50.4 Å². The van der Waals surface area contributed by atoms with Crippen LogP contribution in [0.25, 0.3) is 0 Å². The lowest BCUT2D eigenvalue weighted by Crippen LogP contribution is -2.31. The van der Waals surface area contributed by atoms with Crippen molar-refractivity contribution >= 4 is 11.6 Å². The molecule has 88 valence electrons. The predicted octanol–water partition coefficient (Wildman–Crippen LogP) is 1.03. The van der Waals surface area contributed by atoms with Crippen LogP contribution in [-0.2, 0) is 6.42 Å². The number of ether oxygens (including phenoxy) is 1. The number of carbonyl (C=O) groups excluding carboxylic acids is 1. The molecule has 0 spiro atoms. The van der Waals surface area contributed by atoms with Gasteiger partial charge in [0.2, 0.25) is 0 Å². The summed E-state index contributed by atoms with van der Waals surface area (Å²) in [5, 5.41) is 5.89. The normalized spacial score (nSPS) is 13.3. The maximum absolute atomic E-state index is 11.7. The lowest BCUT2D eigenvalue weighted by atomic mass is 9.99. The van der Waals surface area contributed by atoms with Crippen molar-refractivity contribution in [2.75, 3.05) is 25.5 Å². The zero-order valence-electron chi connectivity index (χ0n) is 9.67. The maximum Gasteiger partial charge on any atom is 0.251 e. The Morgan fingerprint density at radius 2 is 2.41 bits per heavy atom. The molecule has 1 amide bonds. The first-order valence-electron chi connectivity index (χ1n) is 5.42. The molecule has 0 aromatic heterocycles. The van der Waals surface area contributed by atoms with Gasteiger partial charge in [0.15, 0.2) is 0 Å². The van der Waals surface area contributed by atoms with Crippen LogP contribution >= 0.6 is 0 Å². The van der Waals surface area contributed by atoms with Crippen LogP contribution in [0.5, 0.6) is 5.75 Å². The van der Waals surface area contributed by atoms with E-state index in [0.29, 0.717) is 24.4 Å². The third-order valence-corrected chi connectivity index (χ3v) is 2.73. The van der Waals surface area contributed by atoms with Crippen LogP contribution in [0.15, 0.2) is 12.1 Å². The van der Waals surface area contributed by atoms with Gasteiger partial charge in [-0.3, -0.25) is 4.79 Å². The number of carbonyl (C=O) groups is 1. The van der Waals surface area contributed by atoms with Gasteiger partial charge < -0.3 is 15.4 Å². The highest BCUT2D eigenvalue weighted by Crippen LogP contribution is 2.29. The summed E-state index contributed by atoms with van der Waals surface area (Å²) in [7, 11) is 1.57. The van der Waals surface area contributed by atoms with Gasteiger partial charge in [0, 0.05) is 12.1 Å². The fourth-order valence-corrected chi connectivity index (χ4v) is 1.90. The Balaban J connectivity index is 2.41. The predicted molar refractivity (Wildman–Crippen MR) is 66.4 cm³/mol. The van der Waals surface area contributed by atoms with Gasteiger partial charge in [-0.25, -0.2) is 0 Å². The summed E-state index contributed by atoms with van der Waals surface area (Å²) in [5.74, 6) is 3.10. The molecule has 4 nitrogen and oxygen atoms in total. The highest BCUT2D eigenvalue weighted by Gasteiger charge is 2.19. The highest BCUT2D eigenvalue weighted by atomic mass is 16.5. The van der Waals surface area contributed by atoms with Crippen molar-refractivity contribution in [3.8, 4) is 18.1 Å². The smallest absolute Gasteiger partial charge is 0.251 e. The van der Waals surface area contributed by atoms with Gasteiger partial charge in [-0.05, 0) is 24.1 Å². The van der Waals surface area contributed by atoms with Gasteiger partial charge in [-0.15, -0.1) is 6.42 Å². The zero-order chi connectivity index (χ0) is 12.3. The average molecular weight is 230 g/mol. The SMILES string of the molecule is C#CCNc1cc2c(cc1OC)C(=O)NCC2. The molecule has 17 heavy (non-hydrogen) atoms. The molecule has 0 radical (unpaired) electrons. The van der Waals surface area contributed by atoms with Gasteiger partial charge in [0.1, 0.15) is 5.75 Å². The summed E-state index contributed by atoms with van der Waals surface area (Å²) >= 11 is 0. The monoisotopic (exact) mass is 230 g/mol. The van der Waals surface area contributed by atoms with Gasteiger partial charge in [-0.2, -0.15) is 0 Å². The van der Waals surface area contributed by atoms with E-state index in [0.717, 1.165) is 17.7 Å². The van der Waals surface area contributed by atoms with Gasteiger partial charge >= 0.3 is 0 Å². The Kier molecular flexibility index (Phi) is 3.20. The van der Waals surface area contributed by atoms with E-state index in [1.165, 1.54) is 0 Å². The summed E-state index contributed by atoms with van der Waals surface area (Å²) < 4.78 is 5.25. The Labute approximate surface area is 100 Å². The largest absolute Gasteiger partial charge is 0.495 e. The highest BCUT2D eigenvalue weighted by molar-refractivity contribution is 5.98. The average Bonchev–Trinajstić information content (AvgIpc) is 2.36. The number of amides is 1. The molecule has 0 bridgehead atoms. The van der Waals surface area contributed by atoms with Crippen molar-refractivity contribution in [1.82, 2.24) is 5.32 Å². The molecule has 1 heterocycles. The fourth-order valence-electron chi connectivity index (χ4n) is 1.90. The number of methoxy groups -OCH3 is 1. The van der Waals surface area contributed by atoms with Crippen LogP contribution < -0.4 is 15.4 Å². The first-order chi connectivity index (χ1) is 8.26. The second-order valence-corrected chi connectivity index (χ2v) is 3.77. The van der Waals surface area contributed by atoms with Crippen LogP contribution in [0.3, 0.4) is 0 Å².